The van der Waals surface area contributed by atoms with Crippen LogP contribution in [0.1, 0.15) is 11.9 Å². The van der Waals surface area contributed by atoms with Crippen molar-refractivity contribution in [3.63, 3.8) is 0 Å². The molecule has 0 radical (unpaired) electrons. The molecule has 1 atom stereocenters. The fourth-order valence-electron chi connectivity index (χ4n) is 1.46. The molecule has 0 aliphatic rings. The molecule has 2 aromatic rings. The van der Waals surface area contributed by atoms with E-state index in [0.29, 0.717) is 10.2 Å². The van der Waals surface area contributed by atoms with E-state index in [-0.39, 0.29) is 5.69 Å². The Morgan fingerprint density at radius 1 is 1.41 bits per heavy atom. The number of hydrogen-bond donors (Lipinski definition) is 1. The SMILES string of the molecule is O=C(O)C(F)c1c(Br)cnn1-c1ccccc1. The lowest BCUT2D eigenvalue weighted by atomic mass is 10.2. The Balaban J connectivity index is 2.54. The van der Waals surface area contributed by atoms with E-state index >= 15 is 0 Å². The van der Waals surface area contributed by atoms with Crippen molar-refractivity contribution in [2.24, 2.45) is 0 Å². The Morgan fingerprint density at radius 2 is 2.06 bits per heavy atom. The fourth-order valence-corrected chi connectivity index (χ4v) is 1.92. The molecule has 1 heterocycles. The molecule has 1 N–H and O–H groups in total. The highest BCUT2D eigenvalue weighted by Gasteiger charge is 2.26. The number of hydrogen-bond acceptors (Lipinski definition) is 2. The molecular weight excluding hydrogens is 291 g/mol. The molecule has 1 unspecified atom stereocenters. The molecule has 4 nitrogen and oxygen atoms in total. The minimum absolute atomic E-state index is 0.0244. The highest BCUT2D eigenvalue weighted by Crippen LogP contribution is 2.28. The van der Waals surface area contributed by atoms with Crippen LogP contribution in [-0.4, -0.2) is 20.9 Å². The van der Waals surface area contributed by atoms with Gasteiger partial charge in [-0.15, -0.1) is 0 Å². The second-order valence-corrected chi connectivity index (χ2v) is 4.18. The minimum atomic E-state index is -2.12. The van der Waals surface area contributed by atoms with Crippen molar-refractivity contribution >= 4 is 21.9 Å². The quantitative estimate of drug-likeness (QED) is 0.948. The summed E-state index contributed by atoms with van der Waals surface area (Å²) in [4.78, 5) is 10.7. The summed E-state index contributed by atoms with van der Waals surface area (Å²) >= 11 is 3.10. The number of para-hydroxylation sites is 1. The normalized spacial score (nSPS) is 12.4. The fraction of sp³-hybridized carbons (Fsp3) is 0.0909. The molecular formula is C11H8BrFN2O2. The zero-order valence-electron chi connectivity index (χ0n) is 8.55. The monoisotopic (exact) mass is 298 g/mol. The maximum absolute atomic E-state index is 13.6. The number of carbonyl (C=O) groups is 1. The summed E-state index contributed by atoms with van der Waals surface area (Å²) in [5, 5.41) is 12.7. The number of aromatic nitrogens is 2. The van der Waals surface area contributed by atoms with Crippen molar-refractivity contribution in [1.29, 1.82) is 0 Å². The summed E-state index contributed by atoms with van der Waals surface area (Å²) in [6.07, 6.45) is -0.746. The van der Waals surface area contributed by atoms with E-state index in [1.807, 2.05) is 6.07 Å². The summed E-state index contributed by atoms with van der Waals surface area (Å²) in [5.41, 5.74) is 0.584. The van der Waals surface area contributed by atoms with Crippen molar-refractivity contribution in [3.8, 4) is 5.69 Å². The molecule has 0 saturated carbocycles. The predicted molar refractivity (Wildman–Crippen MR) is 62.7 cm³/mol. The van der Waals surface area contributed by atoms with Gasteiger partial charge in [0.05, 0.1) is 16.4 Å². The maximum Gasteiger partial charge on any atom is 0.344 e. The standard InChI is InChI=1S/C11H8BrFN2O2/c12-8-6-14-15(7-4-2-1-3-5-7)10(8)9(13)11(16)17/h1-6,9H,(H,16,17). The van der Waals surface area contributed by atoms with Crippen molar-refractivity contribution in [3.05, 3.63) is 46.7 Å². The van der Waals surface area contributed by atoms with E-state index in [0.717, 1.165) is 0 Å². The smallest absolute Gasteiger partial charge is 0.344 e. The van der Waals surface area contributed by atoms with Gasteiger partial charge in [0.25, 0.3) is 0 Å². The Bertz CT molecular complexity index is 542. The third-order valence-electron chi connectivity index (χ3n) is 2.22. The van der Waals surface area contributed by atoms with Gasteiger partial charge in [0.2, 0.25) is 6.17 Å². The molecule has 0 saturated heterocycles. The first-order valence-corrected chi connectivity index (χ1v) is 5.56. The summed E-state index contributed by atoms with van der Waals surface area (Å²) < 4.78 is 15.2. The second-order valence-electron chi connectivity index (χ2n) is 3.33. The molecule has 1 aromatic carbocycles. The van der Waals surface area contributed by atoms with Crippen LogP contribution in [0.5, 0.6) is 0 Å². The Labute approximate surface area is 105 Å². The van der Waals surface area contributed by atoms with Crippen LogP contribution >= 0.6 is 15.9 Å². The van der Waals surface area contributed by atoms with E-state index in [2.05, 4.69) is 21.0 Å². The zero-order valence-corrected chi connectivity index (χ0v) is 10.1. The van der Waals surface area contributed by atoms with Gasteiger partial charge in [0.1, 0.15) is 5.69 Å². The Morgan fingerprint density at radius 3 is 2.65 bits per heavy atom. The molecule has 0 fully saturated rings. The van der Waals surface area contributed by atoms with Gasteiger partial charge in [-0.1, -0.05) is 18.2 Å². The van der Waals surface area contributed by atoms with Gasteiger partial charge in [-0.25, -0.2) is 13.9 Å². The summed E-state index contributed by atoms with van der Waals surface area (Å²) in [5.74, 6) is -1.54. The lowest BCUT2D eigenvalue weighted by Gasteiger charge is -2.08. The van der Waals surface area contributed by atoms with Crippen molar-refractivity contribution in [2.45, 2.75) is 6.17 Å². The van der Waals surface area contributed by atoms with Gasteiger partial charge in [-0.3, -0.25) is 0 Å². The van der Waals surface area contributed by atoms with Crippen LogP contribution < -0.4 is 0 Å². The minimum Gasteiger partial charge on any atom is -0.479 e. The third kappa shape index (κ3) is 2.21. The Hall–Kier alpha value is -1.69. The lowest BCUT2D eigenvalue weighted by molar-refractivity contribution is -0.143. The maximum atomic E-state index is 13.6. The zero-order chi connectivity index (χ0) is 12.4. The molecule has 0 aliphatic heterocycles. The number of carboxylic acids is 1. The molecule has 2 rings (SSSR count). The number of benzene rings is 1. The van der Waals surface area contributed by atoms with Crippen LogP contribution in [0.2, 0.25) is 0 Å². The number of halogens is 2. The van der Waals surface area contributed by atoms with Crippen LogP contribution in [-0.2, 0) is 4.79 Å². The largest absolute Gasteiger partial charge is 0.479 e. The highest BCUT2D eigenvalue weighted by atomic mass is 79.9. The Kier molecular flexibility index (Phi) is 3.23. The van der Waals surface area contributed by atoms with E-state index in [9.17, 15) is 9.18 Å². The number of aliphatic carboxylic acids is 1. The lowest BCUT2D eigenvalue weighted by Crippen LogP contribution is -2.12. The molecule has 0 spiro atoms. The average Bonchev–Trinajstić information content (AvgIpc) is 2.71. The van der Waals surface area contributed by atoms with Crippen molar-refractivity contribution < 1.29 is 14.3 Å². The molecule has 6 heteroatoms. The summed E-state index contributed by atoms with van der Waals surface area (Å²) in [7, 11) is 0. The molecule has 1 aromatic heterocycles. The van der Waals surface area contributed by atoms with Crippen molar-refractivity contribution in [2.75, 3.05) is 0 Å². The van der Waals surface area contributed by atoms with Gasteiger partial charge >= 0.3 is 5.97 Å². The molecule has 0 amide bonds. The van der Waals surface area contributed by atoms with Gasteiger partial charge < -0.3 is 5.11 Å². The topological polar surface area (TPSA) is 55.1 Å². The first-order chi connectivity index (χ1) is 8.11. The summed E-state index contributed by atoms with van der Waals surface area (Å²) in [6, 6.07) is 8.78. The number of rotatable bonds is 3. The van der Waals surface area contributed by atoms with E-state index in [4.69, 9.17) is 5.11 Å². The highest BCUT2D eigenvalue weighted by molar-refractivity contribution is 9.10. The van der Waals surface area contributed by atoms with Gasteiger partial charge in [0, 0.05) is 0 Å². The number of nitrogens with zero attached hydrogens (tertiary/aromatic N) is 2. The average molecular weight is 299 g/mol. The first kappa shape index (κ1) is 11.8. The molecule has 0 bridgehead atoms. The predicted octanol–water partition coefficient (Wildman–Crippen LogP) is 2.73. The third-order valence-corrected chi connectivity index (χ3v) is 2.83. The van der Waals surface area contributed by atoms with Crippen LogP contribution in [0.15, 0.2) is 41.0 Å². The second kappa shape index (κ2) is 4.67. The number of carboxylic acid groups (broad SMARTS) is 1. The molecule has 0 aliphatic carbocycles. The van der Waals surface area contributed by atoms with Crippen LogP contribution in [0.4, 0.5) is 4.39 Å². The van der Waals surface area contributed by atoms with Crippen LogP contribution in [0, 0.1) is 0 Å². The van der Waals surface area contributed by atoms with Gasteiger partial charge in [-0.05, 0) is 28.1 Å². The van der Waals surface area contributed by atoms with Gasteiger partial charge in [0.15, 0.2) is 0 Å². The van der Waals surface area contributed by atoms with Gasteiger partial charge in [-0.2, -0.15) is 5.10 Å². The van der Waals surface area contributed by atoms with E-state index in [1.165, 1.54) is 10.9 Å². The molecule has 88 valence electrons. The first-order valence-electron chi connectivity index (χ1n) is 4.77. The summed E-state index contributed by atoms with van der Waals surface area (Å²) in [6.45, 7) is 0. The van der Waals surface area contributed by atoms with Crippen LogP contribution in [0.3, 0.4) is 0 Å². The molecule has 17 heavy (non-hydrogen) atoms. The van der Waals surface area contributed by atoms with E-state index < -0.39 is 12.1 Å². The van der Waals surface area contributed by atoms with Crippen molar-refractivity contribution in [1.82, 2.24) is 9.78 Å². The number of alkyl halides is 1. The van der Waals surface area contributed by atoms with E-state index in [1.54, 1.807) is 24.3 Å². The van der Waals surface area contributed by atoms with Crippen LogP contribution in [0.25, 0.3) is 5.69 Å².